The van der Waals surface area contributed by atoms with E-state index in [2.05, 4.69) is 18.7 Å². The number of Topliss-reactive ketones (excluding diaryl/α,β-unsaturated/α-hetero) is 1. The summed E-state index contributed by atoms with van der Waals surface area (Å²) >= 11 is 0. The van der Waals surface area contributed by atoms with E-state index in [0.717, 1.165) is 29.8 Å². The summed E-state index contributed by atoms with van der Waals surface area (Å²) in [5.74, 6) is -0.140. The second-order valence-electron chi connectivity index (χ2n) is 9.55. The molecule has 7 nitrogen and oxygen atoms in total. The Morgan fingerprint density at radius 2 is 1.67 bits per heavy atom. The van der Waals surface area contributed by atoms with Crippen molar-refractivity contribution in [3.8, 4) is 11.5 Å². The standard InChI is InChI=1S/C32H36N2O5/c1-5-33(6-2)18-19-34-29(24-12-15-26(38-4)16-13-24)28(31(36)32(34)37)30(35)25-14-17-27(22(3)20-25)39-21-23-10-8-7-9-11-23/h7-17,20,29,35H,5-6,18-19,21H2,1-4H3/b30-28-. The molecular formula is C32H36N2O5. The molecule has 1 unspecified atom stereocenters. The number of hydrogen-bond donors (Lipinski definition) is 1. The van der Waals surface area contributed by atoms with Crippen molar-refractivity contribution in [3.63, 3.8) is 0 Å². The lowest BCUT2D eigenvalue weighted by Crippen LogP contribution is -2.38. The Morgan fingerprint density at radius 1 is 0.974 bits per heavy atom. The molecular weight excluding hydrogens is 492 g/mol. The lowest BCUT2D eigenvalue weighted by atomic mass is 9.94. The number of amides is 1. The van der Waals surface area contributed by atoms with Crippen LogP contribution in [0.15, 0.2) is 78.4 Å². The number of likely N-dealkylation sites (N-methyl/N-ethyl adjacent to an activating group) is 1. The Hall–Kier alpha value is -4.10. The van der Waals surface area contributed by atoms with Gasteiger partial charge in [-0.1, -0.05) is 56.3 Å². The van der Waals surface area contributed by atoms with Crippen molar-refractivity contribution in [3.05, 3.63) is 101 Å². The zero-order valence-corrected chi connectivity index (χ0v) is 23.0. The van der Waals surface area contributed by atoms with Crippen LogP contribution < -0.4 is 9.47 Å². The van der Waals surface area contributed by atoms with Crippen LogP contribution in [0.25, 0.3) is 5.76 Å². The van der Waals surface area contributed by atoms with E-state index in [1.54, 1.807) is 42.3 Å². The van der Waals surface area contributed by atoms with Gasteiger partial charge < -0.3 is 24.4 Å². The highest BCUT2D eigenvalue weighted by Gasteiger charge is 2.46. The minimum atomic E-state index is -0.708. The second-order valence-corrected chi connectivity index (χ2v) is 9.55. The van der Waals surface area contributed by atoms with E-state index in [4.69, 9.17) is 9.47 Å². The summed E-state index contributed by atoms with van der Waals surface area (Å²) in [5.41, 5.74) is 3.14. The molecule has 204 valence electrons. The minimum Gasteiger partial charge on any atom is -0.507 e. The molecule has 0 radical (unpaired) electrons. The Balaban J connectivity index is 1.69. The third-order valence-electron chi connectivity index (χ3n) is 7.21. The van der Waals surface area contributed by atoms with Crippen LogP contribution in [0.1, 0.15) is 42.1 Å². The number of rotatable bonds is 11. The molecule has 1 saturated heterocycles. The molecule has 1 aliphatic rings. The molecule has 1 fully saturated rings. The molecule has 0 spiro atoms. The molecule has 1 aliphatic heterocycles. The fourth-order valence-electron chi connectivity index (χ4n) is 4.88. The maximum Gasteiger partial charge on any atom is 0.295 e. The van der Waals surface area contributed by atoms with Crippen molar-refractivity contribution in [1.29, 1.82) is 0 Å². The van der Waals surface area contributed by atoms with Gasteiger partial charge in [0.15, 0.2) is 0 Å². The third kappa shape index (κ3) is 6.15. The molecule has 1 N–H and O–H groups in total. The number of ketones is 1. The van der Waals surface area contributed by atoms with Gasteiger partial charge in [-0.25, -0.2) is 0 Å². The third-order valence-corrected chi connectivity index (χ3v) is 7.21. The van der Waals surface area contributed by atoms with E-state index in [-0.39, 0.29) is 11.3 Å². The summed E-state index contributed by atoms with van der Waals surface area (Å²) in [6.45, 7) is 9.10. The highest BCUT2D eigenvalue weighted by Crippen LogP contribution is 2.40. The first-order chi connectivity index (χ1) is 18.9. The Bertz CT molecular complexity index is 1330. The maximum absolute atomic E-state index is 13.4. The molecule has 4 rings (SSSR count). The number of likely N-dealkylation sites (tertiary alicyclic amines) is 1. The zero-order chi connectivity index (χ0) is 27.9. The highest BCUT2D eigenvalue weighted by molar-refractivity contribution is 6.46. The topological polar surface area (TPSA) is 79.3 Å². The van der Waals surface area contributed by atoms with E-state index < -0.39 is 17.7 Å². The smallest absolute Gasteiger partial charge is 0.295 e. The number of hydrogen-bond acceptors (Lipinski definition) is 6. The van der Waals surface area contributed by atoms with Gasteiger partial charge >= 0.3 is 0 Å². The number of nitrogens with zero attached hydrogens (tertiary/aromatic N) is 2. The predicted octanol–water partition coefficient (Wildman–Crippen LogP) is 5.35. The Morgan fingerprint density at radius 3 is 2.28 bits per heavy atom. The van der Waals surface area contributed by atoms with Crippen LogP contribution in [-0.4, -0.2) is 59.9 Å². The number of ether oxygens (including phenoxy) is 2. The van der Waals surface area contributed by atoms with E-state index in [1.165, 1.54) is 0 Å². The fourth-order valence-corrected chi connectivity index (χ4v) is 4.88. The second kappa shape index (κ2) is 12.6. The lowest BCUT2D eigenvalue weighted by molar-refractivity contribution is -0.140. The van der Waals surface area contributed by atoms with Gasteiger partial charge in [-0.2, -0.15) is 0 Å². The number of aliphatic hydroxyl groups is 1. The van der Waals surface area contributed by atoms with E-state index in [9.17, 15) is 14.7 Å². The number of aliphatic hydroxyl groups excluding tert-OH is 1. The summed E-state index contributed by atoms with van der Waals surface area (Å²) < 4.78 is 11.3. The summed E-state index contributed by atoms with van der Waals surface area (Å²) in [6, 6.07) is 21.7. The monoisotopic (exact) mass is 528 g/mol. The number of aryl methyl sites for hydroxylation is 1. The van der Waals surface area contributed by atoms with Crippen LogP contribution in [0.3, 0.4) is 0 Å². The van der Waals surface area contributed by atoms with Gasteiger partial charge in [-0.15, -0.1) is 0 Å². The molecule has 3 aromatic rings. The predicted molar refractivity (Wildman–Crippen MR) is 152 cm³/mol. The Kier molecular flexibility index (Phi) is 9.04. The number of carbonyl (C=O) groups is 2. The molecule has 1 atom stereocenters. The van der Waals surface area contributed by atoms with Crippen LogP contribution in [0.2, 0.25) is 0 Å². The van der Waals surface area contributed by atoms with Crippen molar-refractivity contribution in [2.24, 2.45) is 0 Å². The molecule has 1 amide bonds. The van der Waals surface area contributed by atoms with Crippen LogP contribution in [0.4, 0.5) is 0 Å². The number of carbonyl (C=O) groups excluding carboxylic acids is 2. The van der Waals surface area contributed by atoms with Gasteiger partial charge in [0.2, 0.25) is 0 Å². The summed E-state index contributed by atoms with van der Waals surface area (Å²) in [4.78, 5) is 30.4. The molecule has 0 aromatic heterocycles. The van der Waals surface area contributed by atoms with Gasteiger partial charge in [0, 0.05) is 18.7 Å². The first kappa shape index (κ1) is 27.9. The van der Waals surface area contributed by atoms with Gasteiger partial charge in [0.1, 0.15) is 23.9 Å². The molecule has 0 saturated carbocycles. The Labute approximate surface area is 230 Å². The zero-order valence-electron chi connectivity index (χ0n) is 23.0. The fraction of sp³-hybridized carbons (Fsp3) is 0.312. The van der Waals surface area contributed by atoms with Gasteiger partial charge in [0.05, 0.1) is 18.7 Å². The van der Waals surface area contributed by atoms with Gasteiger partial charge in [-0.3, -0.25) is 9.59 Å². The van der Waals surface area contributed by atoms with Crippen molar-refractivity contribution in [2.75, 3.05) is 33.3 Å². The van der Waals surface area contributed by atoms with Crippen LogP contribution >= 0.6 is 0 Å². The lowest BCUT2D eigenvalue weighted by Gasteiger charge is -2.28. The van der Waals surface area contributed by atoms with Crippen LogP contribution in [0.5, 0.6) is 11.5 Å². The largest absolute Gasteiger partial charge is 0.507 e. The first-order valence-corrected chi connectivity index (χ1v) is 13.3. The van der Waals surface area contributed by atoms with Crippen LogP contribution in [0, 0.1) is 6.92 Å². The average molecular weight is 529 g/mol. The number of methoxy groups -OCH3 is 1. The van der Waals surface area contributed by atoms with Crippen molar-refractivity contribution in [1.82, 2.24) is 9.80 Å². The SMILES string of the molecule is CCN(CC)CCN1C(=O)C(=O)/C(=C(\O)c2ccc(OCc3ccccc3)c(C)c2)C1c1ccc(OC)cc1. The van der Waals surface area contributed by atoms with Crippen molar-refractivity contribution >= 4 is 17.4 Å². The highest BCUT2D eigenvalue weighted by atomic mass is 16.5. The van der Waals surface area contributed by atoms with Crippen LogP contribution in [-0.2, 0) is 16.2 Å². The average Bonchev–Trinajstić information content (AvgIpc) is 3.22. The summed E-state index contributed by atoms with van der Waals surface area (Å²) in [6.07, 6.45) is 0. The van der Waals surface area contributed by atoms with E-state index in [0.29, 0.717) is 36.8 Å². The first-order valence-electron chi connectivity index (χ1n) is 13.3. The normalized spacial score (nSPS) is 16.6. The molecule has 1 heterocycles. The van der Waals surface area contributed by atoms with E-state index in [1.807, 2.05) is 49.4 Å². The molecule has 7 heteroatoms. The van der Waals surface area contributed by atoms with Crippen molar-refractivity contribution in [2.45, 2.75) is 33.4 Å². The molecule has 0 bridgehead atoms. The van der Waals surface area contributed by atoms with Gasteiger partial charge in [-0.05, 0) is 67.0 Å². The summed E-state index contributed by atoms with van der Waals surface area (Å²) in [5, 5.41) is 11.5. The van der Waals surface area contributed by atoms with Gasteiger partial charge in [0.25, 0.3) is 11.7 Å². The summed E-state index contributed by atoms with van der Waals surface area (Å²) in [7, 11) is 1.58. The van der Waals surface area contributed by atoms with E-state index >= 15 is 0 Å². The molecule has 3 aromatic carbocycles. The van der Waals surface area contributed by atoms with Crippen molar-refractivity contribution < 1.29 is 24.2 Å². The maximum atomic E-state index is 13.4. The quantitative estimate of drug-likeness (QED) is 0.205. The minimum absolute atomic E-state index is 0.0852. The molecule has 0 aliphatic carbocycles. The number of benzene rings is 3. The molecule has 39 heavy (non-hydrogen) atoms.